The van der Waals surface area contributed by atoms with Gasteiger partial charge in [0, 0.05) is 0 Å². The van der Waals surface area contributed by atoms with E-state index in [4.69, 9.17) is 0 Å². The van der Waals surface area contributed by atoms with Gasteiger partial charge >= 0.3 is 0 Å². The molecule has 1 aromatic carbocycles. The van der Waals surface area contributed by atoms with Crippen molar-refractivity contribution in [2.75, 3.05) is 11.5 Å². The van der Waals surface area contributed by atoms with Gasteiger partial charge in [-0.25, -0.2) is 0 Å². The third-order valence-corrected chi connectivity index (χ3v) is 6.48. The molecule has 0 spiro atoms. The molecule has 1 aromatic rings. The molecule has 0 saturated carbocycles. The predicted molar refractivity (Wildman–Crippen MR) is 124 cm³/mol. The molecule has 0 aromatic heterocycles. The molecule has 0 fully saturated rings. The van der Waals surface area contributed by atoms with Gasteiger partial charge in [-0.05, 0) is 53.4 Å². The molecule has 1 nitrogen and oxygen atoms in total. The molecule has 27 heavy (non-hydrogen) atoms. The quantitative estimate of drug-likeness (QED) is 0.303. The number of thioether (sulfide) groups is 1. The molecular formula is C25H44OS. The molecule has 0 aliphatic rings. The number of hydrogen-bond donors (Lipinski definition) is 1. The molecule has 0 radical (unpaired) electrons. The van der Waals surface area contributed by atoms with Crippen LogP contribution in [0.1, 0.15) is 109 Å². The van der Waals surface area contributed by atoms with Gasteiger partial charge in [0.05, 0.1) is 0 Å². The highest BCUT2D eigenvalue weighted by Crippen LogP contribution is 2.28. The SMILES string of the molecule is CCCCCCCCCCCCSCCCc1cc(C(C)(C)C)ccc1O. The first-order chi connectivity index (χ1) is 12.9. The van der Waals surface area contributed by atoms with E-state index in [-0.39, 0.29) is 5.41 Å². The highest BCUT2D eigenvalue weighted by Gasteiger charge is 2.15. The van der Waals surface area contributed by atoms with Crippen LogP contribution in [0.5, 0.6) is 5.75 Å². The summed E-state index contributed by atoms with van der Waals surface area (Å²) in [6, 6.07) is 6.12. The van der Waals surface area contributed by atoms with Crippen molar-refractivity contribution in [2.24, 2.45) is 0 Å². The Labute approximate surface area is 173 Å². The second-order valence-corrected chi connectivity index (χ2v) is 10.2. The Balaban J connectivity index is 2.00. The molecule has 0 aliphatic heterocycles. The summed E-state index contributed by atoms with van der Waals surface area (Å²) in [6.45, 7) is 8.97. The lowest BCUT2D eigenvalue weighted by atomic mass is 9.85. The van der Waals surface area contributed by atoms with E-state index >= 15 is 0 Å². The lowest BCUT2D eigenvalue weighted by Crippen LogP contribution is -2.11. The fourth-order valence-electron chi connectivity index (χ4n) is 3.41. The highest BCUT2D eigenvalue weighted by atomic mass is 32.2. The molecule has 0 heterocycles. The summed E-state index contributed by atoms with van der Waals surface area (Å²) < 4.78 is 0. The van der Waals surface area contributed by atoms with Crippen LogP contribution in [0.25, 0.3) is 0 Å². The number of rotatable bonds is 15. The lowest BCUT2D eigenvalue weighted by Gasteiger charge is -2.20. The van der Waals surface area contributed by atoms with Gasteiger partial charge in [0.2, 0.25) is 0 Å². The van der Waals surface area contributed by atoms with Crippen molar-refractivity contribution in [1.82, 2.24) is 0 Å². The maximum atomic E-state index is 10.1. The Bertz CT molecular complexity index is 490. The van der Waals surface area contributed by atoms with Crippen LogP contribution in [-0.2, 0) is 11.8 Å². The first kappa shape index (κ1) is 24.4. The third kappa shape index (κ3) is 11.7. The predicted octanol–water partition coefficient (Wildman–Crippen LogP) is 8.28. The molecule has 0 unspecified atom stereocenters. The number of hydrogen-bond acceptors (Lipinski definition) is 2. The maximum Gasteiger partial charge on any atom is 0.118 e. The Hall–Kier alpha value is -0.630. The van der Waals surface area contributed by atoms with Crippen LogP contribution in [0, 0.1) is 0 Å². The number of phenols is 1. The highest BCUT2D eigenvalue weighted by molar-refractivity contribution is 7.99. The molecule has 0 saturated heterocycles. The normalized spacial score (nSPS) is 11.9. The van der Waals surface area contributed by atoms with Crippen LogP contribution in [-0.4, -0.2) is 16.6 Å². The Morgan fingerprint density at radius 1 is 0.778 bits per heavy atom. The van der Waals surface area contributed by atoms with Crippen molar-refractivity contribution in [2.45, 2.75) is 110 Å². The van der Waals surface area contributed by atoms with Crippen molar-refractivity contribution in [3.63, 3.8) is 0 Å². The number of aryl methyl sites for hydroxylation is 1. The van der Waals surface area contributed by atoms with Crippen molar-refractivity contribution in [3.8, 4) is 5.75 Å². The van der Waals surface area contributed by atoms with Crippen molar-refractivity contribution in [1.29, 1.82) is 0 Å². The van der Waals surface area contributed by atoms with Crippen molar-refractivity contribution >= 4 is 11.8 Å². The van der Waals surface area contributed by atoms with E-state index < -0.39 is 0 Å². The molecule has 0 bridgehead atoms. The number of benzene rings is 1. The van der Waals surface area contributed by atoms with Gasteiger partial charge in [0.25, 0.3) is 0 Å². The van der Waals surface area contributed by atoms with Crippen LogP contribution < -0.4 is 0 Å². The molecule has 0 amide bonds. The smallest absolute Gasteiger partial charge is 0.118 e. The molecule has 1 rings (SSSR count). The monoisotopic (exact) mass is 392 g/mol. The van der Waals surface area contributed by atoms with Gasteiger partial charge in [0.1, 0.15) is 5.75 Å². The minimum Gasteiger partial charge on any atom is -0.508 e. The van der Waals surface area contributed by atoms with Gasteiger partial charge in [-0.15, -0.1) is 0 Å². The average Bonchev–Trinajstić information content (AvgIpc) is 2.62. The minimum atomic E-state index is 0.146. The Morgan fingerprint density at radius 2 is 1.33 bits per heavy atom. The second-order valence-electron chi connectivity index (χ2n) is 8.99. The molecule has 2 heteroatoms. The molecule has 156 valence electrons. The van der Waals surface area contributed by atoms with Crippen molar-refractivity contribution < 1.29 is 5.11 Å². The summed E-state index contributed by atoms with van der Waals surface area (Å²) in [4.78, 5) is 0. The van der Waals surface area contributed by atoms with Gasteiger partial charge < -0.3 is 5.11 Å². The van der Waals surface area contributed by atoms with Gasteiger partial charge in [0.15, 0.2) is 0 Å². The fourth-order valence-corrected chi connectivity index (χ4v) is 4.37. The first-order valence-corrected chi connectivity index (χ1v) is 12.5. The van der Waals surface area contributed by atoms with E-state index in [1.807, 2.05) is 6.07 Å². The number of aromatic hydroxyl groups is 1. The zero-order chi connectivity index (χ0) is 20.0. The van der Waals surface area contributed by atoms with Crippen LogP contribution >= 0.6 is 11.8 Å². The summed E-state index contributed by atoms with van der Waals surface area (Å²) in [5.41, 5.74) is 2.57. The van der Waals surface area contributed by atoms with Crippen molar-refractivity contribution in [3.05, 3.63) is 29.3 Å². The number of phenolic OH excluding ortho intramolecular Hbond substituents is 1. The summed E-state index contributed by atoms with van der Waals surface area (Å²) in [5.74, 6) is 2.96. The summed E-state index contributed by atoms with van der Waals surface area (Å²) >= 11 is 2.08. The molecule has 0 aliphatic carbocycles. The van der Waals surface area contributed by atoms with E-state index in [2.05, 4.69) is 51.6 Å². The largest absolute Gasteiger partial charge is 0.508 e. The van der Waals surface area contributed by atoms with E-state index in [1.165, 1.54) is 81.3 Å². The zero-order valence-corrected chi connectivity index (χ0v) is 19.3. The fraction of sp³-hybridized carbons (Fsp3) is 0.760. The zero-order valence-electron chi connectivity index (χ0n) is 18.5. The summed E-state index contributed by atoms with van der Waals surface area (Å²) in [7, 11) is 0. The first-order valence-electron chi connectivity index (χ1n) is 11.3. The van der Waals surface area contributed by atoms with Gasteiger partial charge in [-0.1, -0.05) is 97.6 Å². The van der Waals surface area contributed by atoms with Crippen LogP contribution in [0.15, 0.2) is 18.2 Å². The van der Waals surface area contributed by atoms with E-state index in [1.54, 1.807) is 0 Å². The summed E-state index contributed by atoms with van der Waals surface area (Å²) in [5, 5.41) is 10.1. The second kappa shape index (κ2) is 14.4. The summed E-state index contributed by atoms with van der Waals surface area (Å²) in [6.07, 6.45) is 16.3. The number of unbranched alkanes of at least 4 members (excludes halogenated alkanes) is 9. The Kier molecular flexibility index (Phi) is 13.0. The van der Waals surface area contributed by atoms with Crippen LogP contribution in [0.2, 0.25) is 0 Å². The topological polar surface area (TPSA) is 20.2 Å². The van der Waals surface area contributed by atoms with Gasteiger partial charge in [-0.3, -0.25) is 0 Å². The van der Waals surface area contributed by atoms with Crippen LogP contribution in [0.3, 0.4) is 0 Å². The minimum absolute atomic E-state index is 0.146. The molecule has 1 N–H and O–H groups in total. The van der Waals surface area contributed by atoms with E-state index in [9.17, 15) is 5.11 Å². The molecule has 0 atom stereocenters. The Morgan fingerprint density at radius 3 is 1.93 bits per heavy atom. The van der Waals surface area contributed by atoms with Gasteiger partial charge in [-0.2, -0.15) is 11.8 Å². The van der Waals surface area contributed by atoms with Crippen LogP contribution in [0.4, 0.5) is 0 Å². The standard InChI is InChI=1S/C25H44OS/c1-5-6-7-8-9-10-11-12-13-14-19-27-20-15-16-22-21-23(25(2,3)4)17-18-24(22)26/h17-18,21,26H,5-16,19-20H2,1-4H3. The van der Waals surface area contributed by atoms with E-state index in [0.717, 1.165) is 18.4 Å². The molecular weight excluding hydrogens is 348 g/mol. The average molecular weight is 393 g/mol. The maximum absolute atomic E-state index is 10.1. The third-order valence-electron chi connectivity index (χ3n) is 5.32. The lowest BCUT2D eigenvalue weighted by molar-refractivity contribution is 0.466. The van der Waals surface area contributed by atoms with E-state index in [0.29, 0.717) is 5.75 Å².